The fourth-order valence-electron chi connectivity index (χ4n) is 1.75. The Hall–Kier alpha value is -1.54. The predicted octanol–water partition coefficient (Wildman–Crippen LogP) is 3.62. The second-order valence-electron chi connectivity index (χ2n) is 4.49. The van der Waals surface area contributed by atoms with Crippen molar-refractivity contribution in [2.45, 2.75) is 30.5 Å². The fraction of sp³-hybridized carbons (Fsp3) is 0.308. The van der Waals surface area contributed by atoms with E-state index in [1.54, 1.807) is 0 Å². The fourth-order valence-corrected chi connectivity index (χ4v) is 3.17. The van der Waals surface area contributed by atoms with Crippen LogP contribution in [-0.2, 0) is 9.84 Å². The first-order valence-corrected chi connectivity index (χ1v) is 8.54. The first-order chi connectivity index (χ1) is 9.80. The van der Waals surface area contributed by atoms with Crippen LogP contribution in [0.1, 0.15) is 23.7 Å². The molecule has 1 aromatic carbocycles. The quantitative estimate of drug-likeness (QED) is 0.908. The van der Waals surface area contributed by atoms with Crippen molar-refractivity contribution in [2.24, 2.45) is 0 Å². The van der Waals surface area contributed by atoms with Crippen LogP contribution in [-0.4, -0.2) is 19.2 Å². The zero-order valence-electron chi connectivity index (χ0n) is 11.4. The van der Waals surface area contributed by atoms with Gasteiger partial charge in [-0.2, -0.15) is 8.78 Å². The zero-order chi connectivity index (χ0) is 15.6. The van der Waals surface area contributed by atoms with Crippen molar-refractivity contribution in [3.63, 3.8) is 0 Å². The van der Waals surface area contributed by atoms with E-state index in [4.69, 9.17) is 0 Å². The highest BCUT2D eigenvalue weighted by molar-refractivity contribution is 7.91. The van der Waals surface area contributed by atoms with Crippen molar-refractivity contribution < 1.29 is 17.2 Å². The van der Waals surface area contributed by atoms with Gasteiger partial charge in [0.25, 0.3) is 0 Å². The molecule has 2 rings (SSSR count). The summed E-state index contributed by atoms with van der Waals surface area (Å²) in [5.74, 6) is -3.41. The third kappa shape index (κ3) is 3.56. The smallest absolute Gasteiger partial charge is 0.341 e. The van der Waals surface area contributed by atoms with Crippen LogP contribution in [0, 0.1) is 6.92 Å². The molecule has 2 aromatic rings. The Morgan fingerprint density at radius 3 is 2.33 bits per heavy atom. The Morgan fingerprint density at radius 1 is 1.24 bits per heavy atom. The van der Waals surface area contributed by atoms with E-state index in [0.717, 1.165) is 10.7 Å². The minimum atomic E-state index is -4.54. The third-order valence-electron chi connectivity index (χ3n) is 2.88. The average molecular weight is 332 g/mol. The van der Waals surface area contributed by atoms with E-state index >= 15 is 0 Å². The van der Waals surface area contributed by atoms with Gasteiger partial charge in [-0.15, -0.1) is 11.3 Å². The van der Waals surface area contributed by atoms with E-state index in [2.05, 4.69) is 10.3 Å². The lowest BCUT2D eigenvalue weighted by atomic mass is 10.2. The van der Waals surface area contributed by atoms with Gasteiger partial charge in [-0.05, 0) is 38.1 Å². The normalized spacial score (nSPS) is 13.4. The van der Waals surface area contributed by atoms with Gasteiger partial charge in [-0.3, -0.25) is 0 Å². The molecule has 1 N–H and O–H groups in total. The molecule has 0 radical (unpaired) electrons. The lowest BCUT2D eigenvalue weighted by Gasteiger charge is -2.13. The molecule has 8 heteroatoms. The molecule has 1 heterocycles. The number of benzene rings is 1. The van der Waals surface area contributed by atoms with Crippen LogP contribution in [0.5, 0.6) is 0 Å². The summed E-state index contributed by atoms with van der Waals surface area (Å²) in [6, 6.07) is 5.20. The summed E-state index contributed by atoms with van der Waals surface area (Å²) in [5.41, 5.74) is 1.52. The largest absolute Gasteiger partial charge is 0.377 e. The summed E-state index contributed by atoms with van der Waals surface area (Å²) >= 11 is 1.54. The molecule has 0 saturated heterocycles. The maximum atomic E-state index is 12.4. The number of sulfone groups is 1. The first kappa shape index (κ1) is 15.8. The molecule has 0 aliphatic carbocycles. The van der Waals surface area contributed by atoms with E-state index in [9.17, 15) is 17.2 Å². The summed E-state index contributed by atoms with van der Waals surface area (Å²) < 4.78 is 47.5. The number of halogens is 2. The maximum Gasteiger partial charge on any atom is 0.341 e. The van der Waals surface area contributed by atoms with Crippen molar-refractivity contribution in [3.05, 3.63) is 40.3 Å². The number of aryl methyl sites for hydroxylation is 1. The molecular weight excluding hydrogens is 318 g/mol. The summed E-state index contributed by atoms with van der Waals surface area (Å²) in [7, 11) is -4.54. The number of nitrogens with zero attached hydrogens (tertiary/aromatic N) is 1. The Kier molecular flexibility index (Phi) is 4.58. The number of nitrogens with one attached hydrogen (secondary N) is 1. The van der Waals surface area contributed by atoms with Crippen molar-refractivity contribution in [3.8, 4) is 0 Å². The number of anilines is 1. The molecule has 0 amide bonds. The summed E-state index contributed by atoms with van der Waals surface area (Å²) in [4.78, 5) is 3.96. The highest BCUT2D eigenvalue weighted by Gasteiger charge is 2.26. The van der Waals surface area contributed by atoms with Gasteiger partial charge in [-0.1, -0.05) is 0 Å². The molecule has 0 saturated carbocycles. The van der Waals surface area contributed by atoms with Gasteiger partial charge in [0.1, 0.15) is 0 Å². The summed E-state index contributed by atoms with van der Waals surface area (Å²) in [5, 5.41) is 6.03. The molecule has 0 fully saturated rings. The molecule has 1 unspecified atom stereocenters. The number of rotatable bonds is 5. The Balaban J connectivity index is 2.13. The second kappa shape index (κ2) is 6.07. The molecule has 0 bridgehead atoms. The van der Waals surface area contributed by atoms with E-state index in [1.165, 1.54) is 35.6 Å². The Morgan fingerprint density at radius 2 is 1.86 bits per heavy atom. The molecule has 114 valence electrons. The molecule has 0 spiro atoms. The van der Waals surface area contributed by atoms with Crippen LogP contribution in [0.3, 0.4) is 0 Å². The Labute approximate surface area is 125 Å². The van der Waals surface area contributed by atoms with Gasteiger partial charge in [-0.25, -0.2) is 13.4 Å². The maximum absolute atomic E-state index is 12.4. The third-order valence-corrected chi connectivity index (χ3v) is 5.07. The standard InChI is InChI=1S/C13H14F2N2O2S2/c1-8(12-7-20-9(2)17-12)16-10-3-5-11(6-4-10)21(18,19)13(14)15/h3-8,13,16H,1-2H3. The Bertz CT molecular complexity index is 712. The van der Waals surface area contributed by atoms with Gasteiger partial charge in [0.2, 0.25) is 9.84 Å². The SMILES string of the molecule is Cc1nc(C(C)Nc2ccc(S(=O)(=O)C(F)F)cc2)cs1. The highest BCUT2D eigenvalue weighted by atomic mass is 32.2. The predicted molar refractivity (Wildman–Crippen MR) is 78.5 cm³/mol. The first-order valence-electron chi connectivity index (χ1n) is 6.11. The molecule has 1 aromatic heterocycles. The molecule has 0 aliphatic rings. The minimum Gasteiger partial charge on any atom is -0.377 e. The monoisotopic (exact) mass is 332 g/mol. The van der Waals surface area contributed by atoms with Gasteiger partial charge in [0.05, 0.1) is 21.6 Å². The van der Waals surface area contributed by atoms with Crippen LogP contribution in [0.15, 0.2) is 34.5 Å². The molecular formula is C13H14F2N2O2S2. The molecule has 21 heavy (non-hydrogen) atoms. The average Bonchev–Trinajstić information content (AvgIpc) is 2.86. The molecule has 4 nitrogen and oxygen atoms in total. The van der Waals surface area contributed by atoms with Crippen molar-refractivity contribution >= 4 is 26.9 Å². The van der Waals surface area contributed by atoms with Gasteiger partial charge in [0.15, 0.2) is 0 Å². The van der Waals surface area contributed by atoms with Crippen molar-refractivity contribution in [2.75, 3.05) is 5.32 Å². The number of aromatic nitrogens is 1. The van der Waals surface area contributed by atoms with Crippen LogP contribution >= 0.6 is 11.3 Å². The summed E-state index contributed by atoms with van der Waals surface area (Å²) in [6.45, 7) is 3.82. The van der Waals surface area contributed by atoms with E-state index in [0.29, 0.717) is 5.69 Å². The molecule has 1 atom stereocenters. The minimum absolute atomic E-state index is 0.0625. The van der Waals surface area contributed by atoms with Crippen LogP contribution in [0.4, 0.5) is 14.5 Å². The van der Waals surface area contributed by atoms with Crippen molar-refractivity contribution in [1.29, 1.82) is 0 Å². The molecule has 0 aliphatic heterocycles. The topological polar surface area (TPSA) is 59.1 Å². The van der Waals surface area contributed by atoms with E-state index in [-0.39, 0.29) is 10.9 Å². The summed E-state index contributed by atoms with van der Waals surface area (Å²) in [6.07, 6.45) is 0. The van der Waals surface area contributed by atoms with Gasteiger partial charge >= 0.3 is 5.76 Å². The van der Waals surface area contributed by atoms with Crippen LogP contribution in [0.25, 0.3) is 0 Å². The number of hydrogen-bond donors (Lipinski definition) is 1. The zero-order valence-corrected chi connectivity index (χ0v) is 13.0. The number of thiazole rings is 1. The lowest BCUT2D eigenvalue weighted by Crippen LogP contribution is -2.11. The second-order valence-corrected chi connectivity index (χ2v) is 7.47. The van der Waals surface area contributed by atoms with Gasteiger partial charge in [0, 0.05) is 11.1 Å². The van der Waals surface area contributed by atoms with E-state index in [1.807, 2.05) is 19.2 Å². The highest BCUT2D eigenvalue weighted by Crippen LogP contribution is 2.23. The number of alkyl halides is 2. The lowest BCUT2D eigenvalue weighted by molar-refractivity contribution is 0.234. The van der Waals surface area contributed by atoms with Crippen LogP contribution in [0.2, 0.25) is 0 Å². The van der Waals surface area contributed by atoms with Crippen LogP contribution < -0.4 is 5.32 Å². The van der Waals surface area contributed by atoms with E-state index < -0.39 is 15.6 Å². The van der Waals surface area contributed by atoms with Gasteiger partial charge < -0.3 is 5.32 Å². The van der Waals surface area contributed by atoms with Crippen molar-refractivity contribution in [1.82, 2.24) is 4.98 Å². The number of hydrogen-bond acceptors (Lipinski definition) is 5.